The Hall–Kier alpha value is -2.50. The largest absolute Gasteiger partial charge is 0.361 e. The zero-order valence-corrected chi connectivity index (χ0v) is 16.0. The van der Waals surface area contributed by atoms with Gasteiger partial charge in [-0.15, -0.1) is 0 Å². The van der Waals surface area contributed by atoms with Crippen LogP contribution in [-0.4, -0.2) is 35.0 Å². The van der Waals surface area contributed by atoms with Gasteiger partial charge in [-0.05, 0) is 63.4 Å². The number of likely N-dealkylation sites (tertiary alicyclic amines) is 1. The van der Waals surface area contributed by atoms with Crippen molar-refractivity contribution in [3.63, 3.8) is 0 Å². The van der Waals surface area contributed by atoms with Gasteiger partial charge in [0, 0.05) is 17.8 Å². The fourth-order valence-corrected chi connectivity index (χ4v) is 4.89. The summed E-state index contributed by atoms with van der Waals surface area (Å²) in [4.78, 5) is 16.9. The van der Waals surface area contributed by atoms with Crippen molar-refractivity contribution in [2.24, 2.45) is 0 Å². The van der Waals surface area contributed by atoms with E-state index in [4.69, 9.17) is 0 Å². The van der Waals surface area contributed by atoms with E-state index in [1.165, 1.54) is 24.3 Å². The Labute approximate surface area is 162 Å². The molecule has 6 heteroatoms. The van der Waals surface area contributed by atoms with Crippen molar-refractivity contribution in [1.29, 1.82) is 0 Å². The Morgan fingerprint density at radius 2 is 1.82 bits per heavy atom. The topological polar surface area (TPSA) is 23.6 Å². The van der Waals surface area contributed by atoms with E-state index < -0.39 is 17.5 Å². The highest BCUT2D eigenvalue weighted by Gasteiger charge is 2.51. The molecule has 2 aromatic rings. The highest BCUT2D eigenvalue weighted by Crippen LogP contribution is 2.44. The van der Waals surface area contributed by atoms with Gasteiger partial charge in [0.05, 0.1) is 17.6 Å². The molecule has 0 N–H and O–H groups in total. The Kier molecular flexibility index (Phi) is 4.60. The van der Waals surface area contributed by atoms with Crippen LogP contribution in [0.15, 0.2) is 42.5 Å². The SMILES string of the molecule is CC1(C)C[C@H]2[C@H](CCCN2C(=O)c2cccc(F)c2F)N1c1cccc(F)c1. The quantitative estimate of drug-likeness (QED) is 0.740. The van der Waals surface area contributed by atoms with Crippen LogP contribution in [0.1, 0.15) is 43.5 Å². The first-order valence-electron chi connectivity index (χ1n) is 9.59. The van der Waals surface area contributed by atoms with E-state index in [-0.39, 0.29) is 29.0 Å². The minimum absolute atomic E-state index is 0.00567. The summed E-state index contributed by atoms with van der Waals surface area (Å²) in [5.41, 5.74) is 0.248. The molecule has 0 unspecified atom stereocenters. The van der Waals surface area contributed by atoms with Gasteiger partial charge < -0.3 is 9.80 Å². The molecule has 2 atom stereocenters. The summed E-state index contributed by atoms with van der Waals surface area (Å²) in [5.74, 6) is -2.91. The van der Waals surface area contributed by atoms with Gasteiger partial charge >= 0.3 is 0 Å². The van der Waals surface area contributed by atoms with Crippen LogP contribution >= 0.6 is 0 Å². The molecule has 0 bridgehead atoms. The van der Waals surface area contributed by atoms with Crippen LogP contribution in [-0.2, 0) is 0 Å². The molecule has 1 amide bonds. The van der Waals surface area contributed by atoms with Crippen LogP contribution in [0.3, 0.4) is 0 Å². The van der Waals surface area contributed by atoms with E-state index in [2.05, 4.69) is 18.7 Å². The number of hydrogen-bond acceptors (Lipinski definition) is 2. The number of fused-ring (bicyclic) bond motifs is 1. The molecule has 3 nitrogen and oxygen atoms in total. The minimum atomic E-state index is -1.10. The first kappa shape index (κ1) is 18.8. The number of amides is 1. The lowest BCUT2D eigenvalue weighted by Crippen LogP contribution is -2.53. The lowest BCUT2D eigenvalue weighted by molar-refractivity contribution is 0.0599. The first-order chi connectivity index (χ1) is 13.3. The van der Waals surface area contributed by atoms with Crippen molar-refractivity contribution in [3.05, 3.63) is 65.5 Å². The van der Waals surface area contributed by atoms with Crippen LogP contribution in [0.2, 0.25) is 0 Å². The predicted molar refractivity (Wildman–Crippen MR) is 102 cm³/mol. The van der Waals surface area contributed by atoms with Crippen LogP contribution in [0, 0.1) is 17.5 Å². The number of nitrogens with zero attached hydrogens (tertiary/aromatic N) is 2. The molecule has 0 saturated carbocycles. The number of piperidine rings is 1. The standard InChI is InChI=1S/C22H23F3N2O/c1-22(2)13-19-18(27(22)15-7-3-6-14(23)12-15)10-5-11-26(19)21(28)16-8-4-9-17(24)20(16)25/h3-4,6-9,12,18-19H,5,10-11,13H2,1-2H3/t18-,19-/m0/s1. The molecule has 0 aromatic heterocycles. The normalized spacial score (nSPS) is 23.6. The third kappa shape index (κ3) is 3.05. The molecule has 28 heavy (non-hydrogen) atoms. The zero-order chi connectivity index (χ0) is 20.1. The van der Waals surface area contributed by atoms with Gasteiger partial charge in [-0.3, -0.25) is 4.79 Å². The highest BCUT2D eigenvalue weighted by atomic mass is 19.2. The van der Waals surface area contributed by atoms with E-state index in [0.717, 1.165) is 24.6 Å². The molecular formula is C22H23F3N2O. The average molecular weight is 388 g/mol. The zero-order valence-electron chi connectivity index (χ0n) is 16.0. The number of halogens is 3. The second kappa shape index (κ2) is 6.83. The monoisotopic (exact) mass is 388 g/mol. The van der Waals surface area contributed by atoms with Crippen LogP contribution in [0.5, 0.6) is 0 Å². The van der Waals surface area contributed by atoms with E-state index >= 15 is 0 Å². The van der Waals surface area contributed by atoms with Gasteiger partial charge in [0.25, 0.3) is 5.91 Å². The van der Waals surface area contributed by atoms with Crippen molar-refractivity contribution in [1.82, 2.24) is 4.90 Å². The molecule has 0 spiro atoms. The summed E-state index contributed by atoms with van der Waals surface area (Å²) in [5, 5.41) is 0. The Morgan fingerprint density at radius 3 is 2.57 bits per heavy atom. The van der Waals surface area contributed by atoms with Crippen molar-refractivity contribution >= 4 is 11.6 Å². The maximum absolute atomic E-state index is 14.2. The maximum atomic E-state index is 14.2. The number of carbonyl (C=O) groups excluding carboxylic acids is 1. The molecule has 2 heterocycles. The van der Waals surface area contributed by atoms with E-state index in [1.54, 1.807) is 11.0 Å². The van der Waals surface area contributed by atoms with Crippen molar-refractivity contribution in [2.75, 3.05) is 11.4 Å². The molecule has 0 radical (unpaired) electrons. The summed E-state index contributed by atoms with van der Waals surface area (Å²) in [7, 11) is 0. The number of hydrogen-bond donors (Lipinski definition) is 0. The van der Waals surface area contributed by atoms with Crippen molar-refractivity contribution in [2.45, 2.75) is 50.7 Å². The van der Waals surface area contributed by atoms with E-state index in [0.29, 0.717) is 13.0 Å². The van der Waals surface area contributed by atoms with Crippen LogP contribution < -0.4 is 4.90 Å². The second-order valence-corrected chi connectivity index (χ2v) is 8.24. The summed E-state index contributed by atoms with van der Waals surface area (Å²) >= 11 is 0. The summed E-state index contributed by atoms with van der Waals surface area (Å²) in [6, 6.07) is 10.0. The fraction of sp³-hybridized carbons (Fsp3) is 0.409. The van der Waals surface area contributed by atoms with Gasteiger partial charge in [-0.1, -0.05) is 12.1 Å². The molecule has 2 fully saturated rings. The smallest absolute Gasteiger partial charge is 0.257 e. The molecule has 148 valence electrons. The number of rotatable bonds is 2. The van der Waals surface area contributed by atoms with Crippen molar-refractivity contribution in [3.8, 4) is 0 Å². The average Bonchev–Trinajstić information content (AvgIpc) is 2.93. The molecule has 2 saturated heterocycles. The van der Waals surface area contributed by atoms with Crippen LogP contribution in [0.25, 0.3) is 0 Å². The molecule has 0 aliphatic carbocycles. The first-order valence-corrected chi connectivity index (χ1v) is 9.59. The Balaban J connectivity index is 1.69. The molecule has 2 aliphatic rings. The predicted octanol–water partition coefficient (Wildman–Crippen LogP) is 4.77. The van der Waals surface area contributed by atoms with Gasteiger partial charge in [0.1, 0.15) is 5.82 Å². The second-order valence-electron chi connectivity index (χ2n) is 8.24. The van der Waals surface area contributed by atoms with E-state index in [1.807, 2.05) is 6.07 Å². The van der Waals surface area contributed by atoms with Gasteiger partial charge in [-0.25, -0.2) is 13.2 Å². The van der Waals surface area contributed by atoms with Crippen molar-refractivity contribution < 1.29 is 18.0 Å². The lowest BCUT2D eigenvalue weighted by Gasteiger charge is -2.42. The third-order valence-electron chi connectivity index (χ3n) is 5.97. The Bertz CT molecular complexity index is 914. The summed E-state index contributed by atoms with van der Waals surface area (Å²) in [6.45, 7) is 4.65. The molecular weight excluding hydrogens is 365 g/mol. The molecule has 2 aliphatic heterocycles. The highest BCUT2D eigenvalue weighted by molar-refractivity contribution is 5.95. The summed E-state index contributed by atoms with van der Waals surface area (Å²) in [6.07, 6.45) is 2.29. The number of carbonyl (C=O) groups is 1. The molecule has 4 rings (SSSR count). The fourth-order valence-electron chi connectivity index (χ4n) is 4.89. The Morgan fingerprint density at radius 1 is 1.07 bits per heavy atom. The number of anilines is 1. The number of benzene rings is 2. The van der Waals surface area contributed by atoms with E-state index in [9.17, 15) is 18.0 Å². The minimum Gasteiger partial charge on any atom is -0.361 e. The lowest BCUT2D eigenvalue weighted by atomic mass is 9.93. The van der Waals surface area contributed by atoms with Gasteiger partial charge in [-0.2, -0.15) is 0 Å². The molecule has 2 aromatic carbocycles. The third-order valence-corrected chi connectivity index (χ3v) is 5.97. The summed E-state index contributed by atoms with van der Waals surface area (Å²) < 4.78 is 41.7. The maximum Gasteiger partial charge on any atom is 0.257 e. The van der Waals surface area contributed by atoms with Crippen LogP contribution in [0.4, 0.5) is 18.9 Å². The van der Waals surface area contributed by atoms with Gasteiger partial charge in [0.15, 0.2) is 11.6 Å². The van der Waals surface area contributed by atoms with Gasteiger partial charge in [0.2, 0.25) is 0 Å².